The predicted molar refractivity (Wildman–Crippen MR) is 53.1 cm³/mol. The topological polar surface area (TPSA) is 0 Å². The third-order valence-electron chi connectivity index (χ3n) is 3.02. The first kappa shape index (κ1) is 8.10. The molecule has 0 aromatic heterocycles. The van der Waals surface area contributed by atoms with Crippen molar-refractivity contribution in [2.45, 2.75) is 51.9 Å². The maximum Gasteiger partial charge on any atom is -0.00994 e. The van der Waals surface area contributed by atoms with Gasteiger partial charge in [-0.25, -0.2) is 0 Å². The standard InChI is InChI=1S/C12H18/c1-2-5-10-8-11-6-3-4-7-12(11)9-10/h8H,2-7,9H2,1H3. The van der Waals surface area contributed by atoms with E-state index in [1.807, 2.05) is 0 Å². The second kappa shape index (κ2) is 3.47. The number of rotatable bonds is 2. The zero-order valence-corrected chi connectivity index (χ0v) is 8.03. The molecule has 0 heteroatoms. The van der Waals surface area contributed by atoms with Crippen LogP contribution >= 0.6 is 0 Å². The summed E-state index contributed by atoms with van der Waals surface area (Å²) in [5, 5.41) is 0. The Bertz CT molecular complexity index is 230. The second-order valence-corrected chi connectivity index (χ2v) is 4.07. The Kier molecular flexibility index (Phi) is 2.34. The maximum atomic E-state index is 2.48. The molecule has 0 saturated carbocycles. The highest BCUT2D eigenvalue weighted by Gasteiger charge is 2.17. The summed E-state index contributed by atoms with van der Waals surface area (Å²) in [6, 6.07) is 0. The van der Waals surface area contributed by atoms with Gasteiger partial charge < -0.3 is 0 Å². The molecule has 2 aliphatic carbocycles. The van der Waals surface area contributed by atoms with E-state index in [0.29, 0.717) is 0 Å². The predicted octanol–water partition coefficient (Wildman–Crippen LogP) is 3.99. The van der Waals surface area contributed by atoms with Crippen molar-refractivity contribution in [3.05, 3.63) is 22.8 Å². The molecule has 12 heavy (non-hydrogen) atoms. The smallest absolute Gasteiger partial charge is 0.00994 e. The van der Waals surface area contributed by atoms with Crippen molar-refractivity contribution in [1.29, 1.82) is 0 Å². The quantitative estimate of drug-likeness (QED) is 0.576. The summed E-state index contributed by atoms with van der Waals surface area (Å²) in [5.74, 6) is 0. The molecule has 0 spiro atoms. The molecular formula is C12H18. The summed E-state index contributed by atoms with van der Waals surface area (Å²) in [7, 11) is 0. The highest BCUT2D eigenvalue weighted by Crippen LogP contribution is 2.37. The number of hydrogen-bond acceptors (Lipinski definition) is 0. The Labute approximate surface area is 75.4 Å². The van der Waals surface area contributed by atoms with Crippen molar-refractivity contribution < 1.29 is 0 Å². The van der Waals surface area contributed by atoms with E-state index in [-0.39, 0.29) is 0 Å². The van der Waals surface area contributed by atoms with E-state index in [4.69, 9.17) is 0 Å². The Morgan fingerprint density at radius 1 is 1.25 bits per heavy atom. The van der Waals surface area contributed by atoms with Crippen LogP contribution in [-0.2, 0) is 0 Å². The largest absolute Gasteiger partial charge is 0.0659 e. The van der Waals surface area contributed by atoms with E-state index < -0.39 is 0 Å². The van der Waals surface area contributed by atoms with Crippen LogP contribution in [0.1, 0.15) is 51.9 Å². The van der Waals surface area contributed by atoms with E-state index in [1.165, 1.54) is 44.9 Å². The Morgan fingerprint density at radius 2 is 2.08 bits per heavy atom. The summed E-state index contributed by atoms with van der Waals surface area (Å²) in [6.45, 7) is 2.28. The van der Waals surface area contributed by atoms with E-state index in [9.17, 15) is 0 Å². The molecule has 0 saturated heterocycles. The summed E-state index contributed by atoms with van der Waals surface area (Å²) in [6.07, 6.45) is 12.1. The van der Waals surface area contributed by atoms with Crippen molar-refractivity contribution in [2.75, 3.05) is 0 Å². The molecule has 2 rings (SSSR count). The lowest BCUT2D eigenvalue weighted by Gasteiger charge is -2.12. The van der Waals surface area contributed by atoms with Crippen molar-refractivity contribution in [1.82, 2.24) is 0 Å². The SMILES string of the molecule is CCCC1=CC2=C(CCCC2)C1. The van der Waals surface area contributed by atoms with Crippen LogP contribution < -0.4 is 0 Å². The number of hydrogen-bond donors (Lipinski definition) is 0. The molecule has 0 atom stereocenters. The van der Waals surface area contributed by atoms with Crippen LogP contribution in [0, 0.1) is 0 Å². The Morgan fingerprint density at radius 3 is 2.83 bits per heavy atom. The van der Waals surface area contributed by atoms with Crippen molar-refractivity contribution in [2.24, 2.45) is 0 Å². The van der Waals surface area contributed by atoms with Crippen LogP contribution in [0.3, 0.4) is 0 Å². The van der Waals surface area contributed by atoms with Gasteiger partial charge in [0.2, 0.25) is 0 Å². The van der Waals surface area contributed by atoms with Gasteiger partial charge in [0.25, 0.3) is 0 Å². The molecule has 0 aromatic rings. The fourth-order valence-electron chi connectivity index (χ4n) is 2.42. The molecule has 0 bridgehead atoms. The van der Waals surface area contributed by atoms with Crippen LogP contribution in [0.5, 0.6) is 0 Å². The zero-order valence-electron chi connectivity index (χ0n) is 8.03. The molecule has 66 valence electrons. The first-order valence-electron chi connectivity index (χ1n) is 5.30. The molecular weight excluding hydrogens is 144 g/mol. The lowest BCUT2D eigenvalue weighted by Crippen LogP contribution is -1.93. The molecule has 2 aliphatic rings. The molecule has 0 aliphatic heterocycles. The highest BCUT2D eigenvalue weighted by atomic mass is 14.2. The lowest BCUT2D eigenvalue weighted by molar-refractivity contribution is 0.678. The van der Waals surface area contributed by atoms with Crippen LogP contribution in [-0.4, -0.2) is 0 Å². The van der Waals surface area contributed by atoms with E-state index in [2.05, 4.69) is 13.0 Å². The van der Waals surface area contributed by atoms with Gasteiger partial charge in [-0.05, 0) is 44.1 Å². The molecule has 0 fully saturated rings. The average molecular weight is 162 g/mol. The summed E-state index contributed by atoms with van der Waals surface area (Å²) in [5.41, 5.74) is 5.17. The van der Waals surface area contributed by atoms with Crippen molar-refractivity contribution >= 4 is 0 Å². The third kappa shape index (κ3) is 1.48. The first-order chi connectivity index (χ1) is 5.90. The van der Waals surface area contributed by atoms with Gasteiger partial charge in [0.05, 0.1) is 0 Å². The number of allylic oxidation sites excluding steroid dienone is 4. The highest BCUT2D eigenvalue weighted by molar-refractivity contribution is 5.40. The minimum absolute atomic E-state index is 1.31. The van der Waals surface area contributed by atoms with Crippen LogP contribution in [0.25, 0.3) is 0 Å². The second-order valence-electron chi connectivity index (χ2n) is 4.07. The Balaban J connectivity index is 2.03. The fourth-order valence-corrected chi connectivity index (χ4v) is 2.42. The molecule has 0 N–H and O–H groups in total. The maximum absolute atomic E-state index is 2.48. The summed E-state index contributed by atoms with van der Waals surface area (Å²) < 4.78 is 0. The fraction of sp³-hybridized carbons (Fsp3) is 0.667. The van der Waals surface area contributed by atoms with Gasteiger partial charge in [0, 0.05) is 0 Å². The average Bonchev–Trinajstić information content (AvgIpc) is 2.47. The Hall–Kier alpha value is -0.520. The van der Waals surface area contributed by atoms with Gasteiger partial charge in [-0.15, -0.1) is 0 Å². The third-order valence-corrected chi connectivity index (χ3v) is 3.02. The molecule has 0 nitrogen and oxygen atoms in total. The minimum Gasteiger partial charge on any atom is -0.0659 e. The van der Waals surface area contributed by atoms with Gasteiger partial charge in [0.15, 0.2) is 0 Å². The first-order valence-corrected chi connectivity index (χ1v) is 5.30. The van der Waals surface area contributed by atoms with Crippen LogP contribution in [0.4, 0.5) is 0 Å². The molecule has 0 unspecified atom stereocenters. The normalized spacial score (nSPS) is 22.6. The minimum atomic E-state index is 1.31. The van der Waals surface area contributed by atoms with Gasteiger partial charge in [-0.3, -0.25) is 0 Å². The molecule has 0 heterocycles. The summed E-state index contributed by atoms with van der Waals surface area (Å²) >= 11 is 0. The molecule has 0 aromatic carbocycles. The van der Waals surface area contributed by atoms with Gasteiger partial charge in [0.1, 0.15) is 0 Å². The van der Waals surface area contributed by atoms with E-state index in [1.54, 1.807) is 16.7 Å². The monoisotopic (exact) mass is 162 g/mol. The van der Waals surface area contributed by atoms with Gasteiger partial charge in [-0.2, -0.15) is 0 Å². The van der Waals surface area contributed by atoms with E-state index >= 15 is 0 Å². The van der Waals surface area contributed by atoms with E-state index in [0.717, 1.165) is 0 Å². The summed E-state index contributed by atoms with van der Waals surface area (Å²) in [4.78, 5) is 0. The molecule has 0 radical (unpaired) electrons. The lowest BCUT2D eigenvalue weighted by atomic mass is 9.93. The van der Waals surface area contributed by atoms with Crippen LogP contribution in [0.2, 0.25) is 0 Å². The van der Waals surface area contributed by atoms with Gasteiger partial charge in [-0.1, -0.05) is 30.6 Å². The van der Waals surface area contributed by atoms with Crippen LogP contribution in [0.15, 0.2) is 22.8 Å². The van der Waals surface area contributed by atoms with Crippen molar-refractivity contribution in [3.8, 4) is 0 Å². The molecule has 0 amide bonds. The van der Waals surface area contributed by atoms with Gasteiger partial charge >= 0.3 is 0 Å². The van der Waals surface area contributed by atoms with Crippen molar-refractivity contribution in [3.63, 3.8) is 0 Å². The zero-order chi connectivity index (χ0) is 8.39.